The topological polar surface area (TPSA) is 29.3 Å². The van der Waals surface area contributed by atoms with E-state index in [9.17, 15) is 4.39 Å². The van der Waals surface area contributed by atoms with Crippen LogP contribution in [0, 0.1) is 5.82 Å². The maximum absolute atomic E-state index is 13.8. The van der Waals surface area contributed by atoms with E-state index in [-0.39, 0.29) is 11.9 Å². The molecule has 0 amide bonds. The molecule has 2 N–H and O–H groups in total. The van der Waals surface area contributed by atoms with Gasteiger partial charge in [0, 0.05) is 23.2 Å². The molecule has 2 nitrogen and oxygen atoms in total. The van der Waals surface area contributed by atoms with E-state index in [4.69, 9.17) is 17.3 Å². The van der Waals surface area contributed by atoms with Crippen LogP contribution in [0.25, 0.3) is 0 Å². The summed E-state index contributed by atoms with van der Waals surface area (Å²) in [7, 11) is 0. The van der Waals surface area contributed by atoms with Crippen molar-refractivity contribution in [1.82, 2.24) is 4.90 Å². The Morgan fingerprint density at radius 1 is 1.41 bits per heavy atom. The molecule has 0 aliphatic rings. The van der Waals surface area contributed by atoms with E-state index < -0.39 is 0 Å². The highest BCUT2D eigenvalue weighted by Crippen LogP contribution is 2.26. The molecule has 0 saturated carbocycles. The van der Waals surface area contributed by atoms with Crippen LogP contribution in [0.4, 0.5) is 4.39 Å². The molecule has 17 heavy (non-hydrogen) atoms. The number of likely N-dealkylation sites (N-methyl/N-ethyl adjacent to an activating group) is 1. The Bertz CT molecular complexity index is 368. The van der Waals surface area contributed by atoms with Crippen LogP contribution in [0.5, 0.6) is 0 Å². The minimum absolute atomic E-state index is 0.126. The number of nitrogens with two attached hydrogens (primary N) is 1. The Hall–Kier alpha value is -0.640. The van der Waals surface area contributed by atoms with Gasteiger partial charge < -0.3 is 5.73 Å². The summed E-state index contributed by atoms with van der Waals surface area (Å²) in [4.78, 5) is 2.16. The Labute approximate surface area is 108 Å². The van der Waals surface area contributed by atoms with Crippen molar-refractivity contribution in [3.63, 3.8) is 0 Å². The van der Waals surface area contributed by atoms with Gasteiger partial charge in [-0.05, 0) is 38.6 Å². The first-order valence-electron chi connectivity index (χ1n) is 5.92. The Morgan fingerprint density at radius 3 is 2.53 bits per heavy atom. The summed E-state index contributed by atoms with van der Waals surface area (Å²) in [5, 5.41) is 0.541. The molecule has 1 atom stereocenters. The zero-order valence-electron chi connectivity index (χ0n) is 10.6. The molecular formula is C13H20ClFN2. The van der Waals surface area contributed by atoms with Gasteiger partial charge in [-0.2, -0.15) is 0 Å². The number of halogens is 2. The average Bonchev–Trinajstić information content (AvgIpc) is 2.28. The number of hydrogen-bond acceptors (Lipinski definition) is 2. The van der Waals surface area contributed by atoms with Crippen LogP contribution in [-0.2, 0) is 0 Å². The molecule has 0 fully saturated rings. The second kappa shape index (κ2) is 6.34. The minimum atomic E-state index is -0.246. The summed E-state index contributed by atoms with van der Waals surface area (Å²) in [5.41, 5.74) is 6.37. The Balaban J connectivity index is 3.11. The number of hydrogen-bond donors (Lipinski definition) is 1. The zero-order chi connectivity index (χ0) is 13.0. The monoisotopic (exact) mass is 258 g/mol. The molecule has 0 aliphatic heterocycles. The standard InChI is InChI=1S/C13H20ClFN2/c1-4-17(9(2)3)13(8-16)11-7-10(14)5-6-12(11)15/h5-7,9,13H,4,8,16H2,1-3H3. The summed E-state index contributed by atoms with van der Waals surface area (Å²) in [6.45, 7) is 7.41. The molecule has 0 spiro atoms. The summed E-state index contributed by atoms with van der Waals surface area (Å²) >= 11 is 5.92. The average molecular weight is 259 g/mol. The summed E-state index contributed by atoms with van der Waals surface area (Å²) < 4.78 is 13.8. The number of rotatable bonds is 5. The van der Waals surface area contributed by atoms with E-state index in [1.165, 1.54) is 6.07 Å². The maximum atomic E-state index is 13.8. The second-order valence-electron chi connectivity index (χ2n) is 4.34. The first-order valence-corrected chi connectivity index (χ1v) is 6.29. The molecule has 0 radical (unpaired) electrons. The predicted molar refractivity (Wildman–Crippen MR) is 70.7 cm³/mol. The molecule has 96 valence electrons. The molecule has 0 aromatic heterocycles. The molecule has 0 heterocycles. The fourth-order valence-corrected chi connectivity index (χ4v) is 2.34. The van der Waals surface area contributed by atoms with Gasteiger partial charge in [0.2, 0.25) is 0 Å². The van der Waals surface area contributed by atoms with Crippen molar-refractivity contribution in [2.75, 3.05) is 13.1 Å². The largest absolute Gasteiger partial charge is 0.329 e. The van der Waals surface area contributed by atoms with Gasteiger partial charge in [-0.3, -0.25) is 4.90 Å². The van der Waals surface area contributed by atoms with E-state index >= 15 is 0 Å². The van der Waals surface area contributed by atoms with Crippen LogP contribution in [0.1, 0.15) is 32.4 Å². The van der Waals surface area contributed by atoms with Crippen LogP contribution >= 0.6 is 11.6 Å². The van der Waals surface area contributed by atoms with E-state index in [0.29, 0.717) is 23.2 Å². The van der Waals surface area contributed by atoms with Gasteiger partial charge in [-0.15, -0.1) is 0 Å². The van der Waals surface area contributed by atoms with Gasteiger partial charge in [-0.25, -0.2) is 4.39 Å². The fourth-order valence-electron chi connectivity index (χ4n) is 2.16. The van der Waals surface area contributed by atoms with Gasteiger partial charge in [0.1, 0.15) is 5.82 Å². The molecule has 0 bridgehead atoms. The molecule has 4 heteroatoms. The smallest absolute Gasteiger partial charge is 0.128 e. The molecule has 1 aromatic rings. The van der Waals surface area contributed by atoms with Crippen molar-refractivity contribution in [1.29, 1.82) is 0 Å². The Kier molecular flexibility index (Phi) is 5.37. The van der Waals surface area contributed by atoms with Crippen LogP contribution in [0.3, 0.4) is 0 Å². The van der Waals surface area contributed by atoms with Crippen LogP contribution in [0.15, 0.2) is 18.2 Å². The lowest BCUT2D eigenvalue weighted by Gasteiger charge is -2.33. The molecular weight excluding hydrogens is 239 g/mol. The SMILES string of the molecule is CCN(C(C)C)C(CN)c1cc(Cl)ccc1F. The fraction of sp³-hybridized carbons (Fsp3) is 0.538. The lowest BCUT2D eigenvalue weighted by atomic mass is 10.0. The summed E-state index contributed by atoms with van der Waals surface area (Å²) in [5.74, 6) is -0.246. The van der Waals surface area contributed by atoms with Gasteiger partial charge in [-0.1, -0.05) is 18.5 Å². The van der Waals surface area contributed by atoms with E-state index in [0.717, 1.165) is 6.54 Å². The quantitative estimate of drug-likeness (QED) is 0.879. The lowest BCUT2D eigenvalue weighted by Crippen LogP contribution is -2.38. The maximum Gasteiger partial charge on any atom is 0.128 e. The molecule has 1 aromatic carbocycles. The van der Waals surface area contributed by atoms with E-state index in [2.05, 4.69) is 18.7 Å². The van der Waals surface area contributed by atoms with Crippen molar-refractivity contribution in [3.8, 4) is 0 Å². The third-order valence-electron chi connectivity index (χ3n) is 2.97. The second-order valence-corrected chi connectivity index (χ2v) is 4.78. The predicted octanol–water partition coefficient (Wildman–Crippen LogP) is 3.21. The number of benzene rings is 1. The summed E-state index contributed by atoms with van der Waals surface area (Å²) in [6.07, 6.45) is 0. The van der Waals surface area contributed by atoms with Crippen molar-refractivity contribution < 1.29 is 4.39 Å². The molecule has 1 rings (SSSR count). The van der Waals surface area contributed by atoms with E-state index in [1.54, 1.807) is 12.1 Å². The third-order valence-corrected chi connectivity index (χ3v) is 3.20. The van der Waals surface area contributed by atoms with Crippen LogP contribution in [0.2, 0.25) is 5.02 Å². The molecule has 0 aliphatic carbocycles. The lowest BCUT2D eigenvalue weighted by molar-refractivity contribution is 0.163. The Morgan fingerprint density at radius 2 is 2.06 bits per heavy atom. The minimum Gasteiger partial charge on any atom is -0.329 e. The van der Waals surface area contributed by atoms with Crippen molar-refractivity contribution in [2.24, 2.45) is 5.73 Å². The van der Waals surface area contributed by atoms with Crippen molar-refractivity contribution >= 4 is 11.6 Å². The van der Waals surface area contributed by atoms with Gasteiger partial charge >= 0.3 is 0 Å². The van der Waals surface area contributed by atoms with Crippen molar-refractivity contribution in [3.05, 3.63) is 34.6 Å². The highest BCUT2D eigenvalue weighted by atomic mass is 35.5. The number of nitrogens with zero attached hydrogens (tertiary/aromatic N) is 1. The van der Waals surface area contributed by atoms with E-state index in [1.807, 2.05) is 6.92 Å². The first kappa shape index (κ1) is 14.4. The molecule has 1 unspecified atom stereocenters. The summed E-state index contributed by atoms with van der Waals surface area (Å²) in [6, 6.07) is 4.80. The first-order chi connectivity index (χ1) is 8.01. The highest BCUT2D eigenvalue weighted by Gasteiger charge is 2.23. The zero-order valence-corrected chi connectivity index (χ0v) is 11.3. The normalized spacial score (nSPS) is 13.4. The highest BCUT2D eigenvalue weighted by molar-refractivity contribution is 6.30. The van der Waals surface area contributed by atoms with Crippen LogP contribution in [-0.4, -0.2) is 24.0 Å². The molecule has 0 saturated heterocycles. The van der Waals surface area contributed by atoms with Gasteiger partial charge in [0.05, 0.1) is 6.04 Å². The van der Waals surface area contributed by atoms with Gasteiger partial charge in [0.25, 0.3) is 0 Å². The third kappa shape index (κ3) is 3.41. The van der Waals surface area contributed by atoms with Crippen LogP contribution < -0.4 is 5.73 Å². The van der Waals surface area contributed by atoms with Crippen molar-refractivity contribution in [2.45, 2.75) is 32.9 Å². The van der Waals surface area contributed by atoms with Gasteiger partial charge in [0.15, 0.2) is 0 Å².